The van der Waals surface area contributed by atoms with Crippen LogP contribution in [0, 0.1) is 13.8 Å². The zero-order valence-corrected chi connectivity index (χ0v) is 20.3. The van der Waals surface area contributed by atoms with Crippen LogP contribution in [0.5, 0.6) is 0 Å². The van der Waals surface area contributed by atoms with Crippen molar-refractivity contribution in [3.63, 3.8) is 0 Å². The molecular formula is C25H31N5O4. The van der Waals surface area contributed by atoms with E-state index in [-0.39, 0.29) is 11.9 Å². The summed E-state index contributed by atoms with van der Waals surface area (Å²) in [6.45, 7) is 10.3. The van der Waals surface area contributed by atoms with Gasteiger partial charge in [0.1, 0.15) is 5.69 Å². The molecule has 1 aliphatic heterocycles. The number of carbonyl (C=O) groups is 2. The Morgan fingerprint density at radius 1 is 1.15 bits per heavy atom. The van der Waals surface area contributed by atoms with Crippen molar-refractivity contribution in [1.29, 1.82) is 0 Å². The Labute approximate surface area is 199 Å². The van der Waals surface area contributed by atoms with Crippen LogP contribution in [0.4, 0.5) is 0 Å². The predicted molar refractivity (Wildman–Crippen MR) is 127 cm³/mol. The molecule has 9 heteroatoms. The highest BCUT2D eigenvalue weighted by molar-refractivity contribution is 6.00. The Morgan fingerprint density at radius 3 is 2.44 bits per heavy atom. The Balaban J connectivity index is 1.42. The molecule has 3 aromatic rings. The number of esters is 1. The Morgan fingerprint density at radius 2 is 1.82 bits per heavy atom. The van der Waals surface area contributed by atoms with Crippen LogP contribution in [0.15, 0.2) is 28.8 Å². The lowest BCUT2D eigenvalue weighted by Crippen LogP contribution is -2.49. The molecule has 1 N–H and O–H groups in total. The number of methoxy groups -OCH3 is 1. The summed E-state index contributed by atoms with van der Waals surface area (Å²) in [5, 5.41) is 4.15. The van der Waals surface area contributed by atoms with Crippen LogP contribution in [-0.4, -0.2) is 70.1 Å². The van der Waals surface area contributed by atoms with Gasteiger partial charge < -0.3 is 19.1 Å². The molecule has 1 unspecified atom stereocenters. The van der Waals surface area contributed by atoms with Gasteiger partial charge in [0.15, 0.2) is 0 Å². The number of aromatic nitrogens is 3. The smallest absolute Gasteiger partial charge is 0.339 e. The molecule has 1 aliphatic rings. The number of carbonyl (C=O) groups excluding carboxylic acids is 2. The summed E-state index contributed by atoms with van der Waals surface area (Å²) in [7, 11) is 1.35. The lowest BCUT2D eigenvalue weighted by molar-refractivity contribution is 0.0546. The van der Waals surface area contributed by atoms with E-state index in [0.29, 0.717) is 61.1 Å². The summed E-state index contributed by atoms with van der Waals surface area (Å²) < 4.78 is 10.5. The van der Waals surface area contributed by atoms with Crippen LogP contribution in [0.3, 0.4) is 0 Å². The summed E-state index contributed by atoms with van der Waals surface area (Å²) in [4.78, 5) is 37.2. The average Bonchev–Trinajstić information content (AvgIpc) is 3.48. The van der Waals surface area contributed by atoms with Crippen LogP contribution in [-0.2, 0) is 11.2 Å². The van der Waals surface area contributed by atoms with E-state index in [2.05, 4.69) is 20.0 Å². The maximum Gasteiger partial charge on any atom is 0.339 e. The topological polar surface area (TPSA) is 105 Å². The molecule has 1 atom stereocenters. The van der Waals surface area contributed by atoms with Crippen molar-refractivity contribution >= 4 is 11.9 Å². The minimum Gasteiger partial charge on any atom is -0.465 e. The minimum atomic E-state index is -0.423. The fourth-order valence-corrected chi connectivity index (χ4v) is 4.37. The molecule has 1 saturated heterocycles. The van der Waals surface area contributed by atoms with Crippen molar-refractivity contribution in [3.05, 3.63) is 58.2 Å². The van der Waals surface area contributed by atoms with Crippen molar-refractivity contribution in [1.82, 2.24) is 24.9 Å². The van der Waals surface area contributed by atoms with Gasteiger partial charge in [0, 0.05) is 37.4 Å². The number of aromatic amines is 1. The normalized spacial score (nSPS) is 15.4. The number of hydrogen-bond donors (Lipinski definition) is 1. The first-order chi connectivity index (χ1) is 16.3. The highest BCUT2D eigenvalue weighted by Crippen LogP contribution is 2.25. The van der Waals surface area contributed by atoms with E-state index in [1.807, 2.05) is 49.9 Å². The van der Waals surface area contributed by atoms with Gasteiger partial charge in [-0.25, -0.2) is 4.79 Å². The number of piperazine rings is 1. The van der Waals surface area contributed by atoms with Gasteiger partial charge >= 0.3 is 5.97 Å². The third-order valence-electron chi connectivity index (χ3n) is 6.54. The third kappa shape index (κ3) is 4.48. The molecule has 1 fully saturated rings. The van der Waals surface area contributed by atoms with Crippen LogP contribution in [0.25, 0.3) is 11.4 Å². The summed E-state index contributed by atoms with van der Waals surface area (Å²) in [6, 6.07) is 7.95. The first kappa shape index (κ1) is 23.7. The van der Waals surface area contributed by atoms with Gasteiger partial charge in [0.2, 0.25) is 11.7 Å². The summed E-state index contributed by atoms with van der Waals surface area (Å²) in [5.41, 5.74) is 4.37. The molecule has 1 amide bonds. The van der Waals surface area contributed by atoms with E-state index in [1.54, 1.807) is 6.92 Å². The van der Waals surface area contributed by atoms with E-state index in [4.69, 9.17) is 9.26 Å². The van der Waals surface area contributed by atoms with Gasteiger partial charge in [-0.15, -0.1) is 0 Å². The number of rotatable bonds is 6. The second kappa shape index (κ2) is 9.80. The SMILES string of the molecule is CCc1[nH]c(C(=O)N2CCN(C(C)c3nc(-c4ccc(C)cc4)no3)CC2)c(C)c1C(=O)OC. The molecule has 9 nitrogen and oxygen atoms in total. The van der Waals surface area contributed by atoms with Gasteiger partial charge in [0.05, 0.1) is 18.7 Å². The highest BCUT2D eigenvalue weighted by atomic mass is 16.5. The summed E-state index contributed by atoms with van der Waals surface area (Å²) in [6.07, 6.45) is 0.610. The second-order valence-corrected chi connectivity index (χ2v) is 8.65. The molecular weight excluding hydrogens is 434 g/mol. The molecule has 180 valence electrons. The van der Waals surface area contributed by atoms with Crippen molar-refractivity contribution in [3.8, 4) is 11.4 Å². The van der Waals surface area contributed by atoms with E-state index < -0.39 is 5.97 Å². The molecule has 0 saturated carbocycles. The molecule has 0 spiro atoms. The zero-order chi connectivity index (χ0) is 24.4. The zero-order valence-electron chi connectivity index (χ0n) is 20.3. The van der Waals surface area contributed by atoms with Gasteiger partial charge in [-0.1, -0.05) is 41.9 Å². The lowest BCUT2D eigenvalue weighted by Gasteiger charge is -2.36. The lowest BCUT2D eigenvalue weighted by atomic mass is 10.1. The van der Waals surface area contributed by atoms with Crippen LogP contribution in [0.1, 0.15) is 63.4 Å². The maximum atomic E-state index is 13.2. The second-order valence-electron chi connectivity index (χ2n) is 8.65. The van der Waals surface area contributed by atoms with Gasteiger partial charge in [0.25, 0.3) is 5.91 Å². The molecule has 3 heterocycles. The fourth-order valence-electron chi connectivity index (χ4n) is 4.37. The molecule has 4 rings (SSSR count). The Bertz CT molecular complexity index is 1170. The van der Waals surface area contributed by atoms with E-state index in [0.717, 1.165) is 11.3 Å². The number of H-pyrrole nitrogens is 1. The third-order valence-corrected chi connectivity index (χ3v) is 6.54. The highest BCUT2D eigenvalue weighted by Gasteiger charge is 2.31. The first-order valence-corrected chi connectivity index (χ1v) is 11.6. The fraction of sp³-hybridized carbons (Fsp3) is 0.440. The molecule has 2 aromatic heterocycles. The first-order valence-electron chi connectivity index (χ1n) is 11.6. The number of nitrogens with one attached hydrogen (secondary N) is 1. The Hall–Kier alpha value is -3.46. The van der Waals surface area contributed by atoms with Crippen molar-refractivity contribution in [2.45, 2.75) is 40.2 Å². The summed E-state index contributed by atoms with van der Waals surface area (Å²) >= 11 is 0. The van der Waals surface area contributed by atoms with E-state index in [9.17, 15) is 9.59 Å². The number of hydrogen-bond acceptors (Lipinski definition) is 7. The van der Waals surface area contributed by atoms with Crippen molar-refractivity contribution < 1.29 is 18.8 Å². The predicted octanol–water partition coefficient (Wildman–Crippen LogP) is 3.55. The number of ether oxygens (including phenoxy) is 1. The molecule has 1 aromatic carbocycles. The van der Waals surface area contributed by atoms with Gasteiger partial charge in [-0.2, -0.15) is 4.98 Å². The van der Waals surface area contributed by atoms with Crippen LogP contribution >= 0.6 is 0 Å². The van der Waals surface area contributed by atoms with Crippen molar-refractivity contribution in [2.24, 2.45) is 0 Å². The van der Waals surface area contributed by atoms with Crippen LogP contribution in [0.2, 0.25) is 0 Å². The number of nitrogens with zero attached hydrogens (tertiary/aromatic N) is 4. The standard InChI is InChI=1S/C25H31N5O4/c1-6-19-20(25(32)33-5)16(3)21(26-19)24(31)30-13-11-29(12-14-30)17(4)23-27-22(28-34-23)18-9-7-15(2)8-10-18/h7-10,17,26H,6,11-14H2,1-5H3. The number of amides is 1. The minimum absolute atomic E-state index is 0.0613. The molecule has 34 heavy (non-hydrogen) atoms. The molecule has 0 bridgehead atoms. The average molecular weight is 466 g/mol. The largest absolute Gasteiger partial charge is 0.465 e. The summed E-state index contributed by atoms with van der Waals surface area (Å²) in [5.74, 6) is 0.610. The van der Waals surface area contributed by atoms with E-state index in [1.165, 1.54) is 12.7 Å². The number of benzene rings is 1. The van der Waals surface area contributed by atoms with Crippen LogP contribution < -0.4 is 0 Å². The van der Waals surface area contributed by atoms with Crippen molar-refractivity contribution in [2.75, 3.05) is 33.3 Å². The van der Waals surface area contributed by atoms with Gasteiger partial charge in [-0.3, -0.25) is 9.69 Å². The monoisotopic (exact) mass is 465 g/mol. The number of aryl methyl sites for hydroxylation is 2. The molecule has 0 radical (unpaired) electrons. The van der Waals surface area contributed by atoms with Gasteiger partial charge in [-0.05, 0) is 32.8 Å². The quantitative estimate of drug-likeness (QED) is 0.555. The molecule has 0 aliphatic carbocycles. The Kier molecular flexibility index (Phi) is 6.83. The maximum absolute atomic E-state index is 13.2. The van der Waals surface area contributed by atoms with E-state index >= 15 is 0 Å².